The van der Waals surface area contributed by atoms with Gasteiger partial charge in [-0.05, 0) is 37.2 Å². The second kappa shape index (κ2) is 7.39. The summed E-state index contributed by atoms with van der Waals surface area (Å²) in [5.41, 5.74) is 0.137. The highest BCUT2D eigenvalue weighted by Gasteiger charge is 2.35. The number of amides is 2. The number of anilines is 1. The number of urea groups is 1. The number of hydrogen-bond acceptors (Lipinski definition) is 3. The Morgan fingerprint density at radius 2 is 1.85 bits per heavy atom. The first-order valence-electron chi connectivity index (χ1n) is 8.47. The third-order valence-corrected chi connectivity index (χ3v) is 4.87. The number of carbonyl (C=O) groups is 1. The van der Waals surface area contributed by atoms with E-state index in [9.17, 15) is 18.0 Å². The van der Waals surface area contributed by atoms with Crippen molar-refractivity contribution in [3.63, 3.8) is 0 Å². The Hall–Kier alpha value is -2.51. The molecule has 5 nitrogen and oxygen atoms in total. The molecule has 0 unspecified atom stereocenters. The zero-order valence-electron chi connectivity index (χ0n) is 14.3. The molecule has 0 atom stereocenters. The Bertz CT molecular complexity index is 738. The van der Waals surface area contributed by atoms with E-state index in [0.717, 1.165) is 25.7 Å². The van der Waals surface area contributed by atoms with E-state index in [4.69, 9.17) is 0 Å². The zero-order valence-corrected chi connectivity index (χ0v) is 14.3. The molecule has 3 rings (SSSR count). The van der Waals surface area contributed by atoms with Gasteiger partial charge in [-0.15, -0.1) is 0 Å². The highest BCUT2D eigenvalue weighted by molar-refractivity contribution is 5.87. The molecule has 1 N–H and O–H groups in total. The van der Waals surface area contributed by atoms with Crippen molar-refractivity contribution >= 4 is 11.9 Å². The van der Waals surface area contributed by atoms with Gasteiger partial charge in [-0.2, -0.15) is 13.2 Å². The van der Waals surface area contributed by atoms with Crippen molar-refractivity contribution in [1.82, 2.24) is 10.1 Å². The molecule has 2 amide bonds. The Morgan fingerprint density at radius 1 is 1.19 bits per heavy atom. The first kappa shape index (κ1) is 18.3. The Labute approximate surface area is 149 Å². The van der Waals surface area contributed by atoms with Crippen LogP contribution in [0.1, 0.15) is 42.9 Å². The van der Waals surface area contributed by atoms with Crippen LogP contribution < -0.4 is 5.32 Å². The predicted molar refractivity (Wildman–Crippen MR) is 89.7 cm³/mol. The van der Waals surface area contributed by atoms with E-state index in [-0.39, 0.29) is 11.9 Å². The number of hydrogen-bond donors (Lipinski definition) is 1. The van der Waals surface area contributed by atoms with Crippen molar-refractivity contribution in [2.24, 2.45) is 0 Å². The summed E-state index contributed by atoms with van der Waals surface area (Å²) >= 11 is 0. The molecule has 1 aromatic heterocycles. The lowest BCUT2D eigenvalue weighted by Crippen LogP contribution is -2.41. The fourth-order valence-electron chi connectivity index (χ4n) is 3.35. The predicted octanol–water partition coefficient (Wildman–Crippen LogP) is 4.88. The van der Waals surface area contributed by atoms with Gasteiger partial charge in [0.2, 0.25) is 5.88 Å². The number of nitrogens with zero attached hydrogens (tertiary/aromatic N) is 2. The Balaban J connectivity index is 1.54. The molecule has 26 heavy (non-hydrogen) atoms. The van der Waals surface area contributed by atoms with E-state index in [2.05, 4.69) is 27.1 Å². The van der Waals surface area contributed by atoms with Crippen LogP contribution in [0.5, 0.6) is 0 Å². The molecule has 0 saturated heterocycles. The normalized spacial score (nSPS) is 20.6. The van der Waals surface area contributed by atoms with Crippen LogP contribution >= 0.6 is 0 Å². The average molecular weight is 367 g/mol. The second-order valence-corrected chi connectivity index (χ2v) is 6.53. The molecule has 140 valence electrons. The highest BCUT2D eigenvalue weighted by atomic mass is 19.4. The molecule has 0 aliphatic heterocycles. The van der Waals surface area contributed by atoms with E-state index in [0.29, 0.717) is 12.0 Å². The van der Waals surface area contributed by atoms with Gasteiger partial charge in [0.15, 0.2) is 5.69 Å². The lowest BCUT2D eigenvalue weighted by atomic mass is 9.81. The molecular formula is C18H20F3N3O2. The molecule has 0 radical (unpaired) electrons. The molecule has 2 aromatic rings. The van der Waals surface area contributed by atoms with Crippen molar-refractivity contribution in [2.75, 3.05) is 12.4 Å². The van der Waals surface area contributed by atoms with Crippen LogP contribution in [0, 0.1) is 0 Å². The third kappa shape index (κ3) is 4.17. The number of halogens is 3. The van der Waals surface area contributed by atoms with Gasteiger partial charge < -0.3 is 9.42 Å². The fraction of sp³-hybridized carbons (Fsp3) is 0.444. The summed E-state index contributed by atoms with van der Waals surface area (Å²) in [5, 5.41) is 5.25. The molecule has 1 aromatic carbocycles. The monoisotopic (exact) mass is 367 g/mol. The van der Waals surface area contributed by atoms with Crippen LogP contribution in [0.3, 0.4) is 0 Å². The molecule has 1 saturated carbocycles. The molecule has 1 aliphatic rings. The quantitative estimate of drug-likeness (QED) is 0.841. The summed E-state index contributed by atoms with van der Waals surface area (Å²) in [4.78, 5) is 13.8. The maximum absolute atomic E-state index is 12.5. The van der Waals surface area contributed by atoms with Crippen molar-refractivity contribution in [3.05, 3.63) is 47.7 Å². The highest BCUT2D eigenvalue weighted by Crippen LogP contribution is 2.34. The molecule has 0 bridgehead atoms. The maximum atomic E-state index is 12.5. The summed E-state index contributed by atoms with van der Waals surface area (Å²) in [5.74, 6) is 0.166. The van der Waals surface area contributed by atoms with Crippen molar-refractivity contribution in [1.29, 1.82) is 0 Å². The lowest BCUT2D eigenvalue weighted by Gasteiger charge is -2.34. The van der Waals surface area contributed by atoms with Crippen LogP contribution in [0.25, 0.3) is 0 Å². The summed E-state index contributed by atoms with van der Waals surface area (Å²) in [6, 6.07) is 10.5. The van der Waals surface area contributed by atoms with E-state index >= 15 is 0 Å². The van der Waals surface area contributed by atoms with Crippen molar-refractivity contribution in [3.8, 4) is 0 Å². The van der Waals surface area contributed by atoms with E-state index in [1.165, 1.54) is 10.5 Å². The number of benzene rings is 1. The Morgan fingerprint density at radius 3 is 2.42 bits per heavy atom. The molecule has 1 aliphatic carbocycles. The second-order valence-electron chi connectivity index (χ2n) is 6.53. The van der Waals surface area contributed by atoms with Gasteiger partial charge >= 0.3 is 12.2 Å². The minimum absolute atomic E-state index is 0.0416. The molecule has 0 spiro atoms. The fourth-order valence-corrected chi connectivity index (χ4v) is 3.35. The minimum Gasteiger partial charge on any atom is -0.338 e. The standard InChI is InChI=1S/C18H20F3N3O2/c1-24(17(25)22-16-11-15(23-26-16)18(19,20)21)14-9-7-13(8-10-14)12-5-3-2-4-6-12/h2-6,11,13-14H,7-10H2,1H3,(H,22,25). The molecule has 1 heterocycles. The first-order valence-corrected chi connectivity index (χ1v) is 8.47. The number of alkyl halides is 3. The van der Waals surface area contributed by atoms with Gasteiger partial charge in [-0.25, -0.2) is 4.79 Å². The van der Waals surface area contributed by atoms with Crippen LogP contribution in [-0.4, -0.2) is 29.2 Å². The van der Waals surface area contributed by atoms with Gasteiger partial charge in [0.1, 0.15) is 0 Å². The Kier molecular flexibility index (Phi) is 5.20. The summed E-state index contributed by atoms with van der Waals surface area (Å²) < 4.78 is 42.1. The summed E-state index contributed by atoms with van der Waals surface area (Å²) in [6.45, 7) is 0. The summed E-state index contributed by atoms with van der Waals surface area (Å²) in [6.07, 6.45) is -0.991. The topological polar surface area (TPSA) is 58.4 Å². The molecule has 1 fully saturated rings. The average Bonchev–Trinajstić information content (AvgIpc) is 3.11. The molecule has 8 heteroatoms. The number of rotatable bonds is 3. The van der Waals surface area contributed by atoms with E-state index < -0.39 is 17.9 Å². The summed E-state index contributed by atoms with van der Waals surface area (Å²) in [7, 11) is 1.64. The van der Waals surface area contributed by atoms with Crippen LogP contribution in [0.2, 0.25) is 0 Å². The largest absolute Gasteiger partial charge is 0.436 e. The van der Waals surface area contributed by atoms with Gasteiger partial charge in [0, 0.05) is 19.2 Å². The van der Waals surface area contributed by atoms with Gasteiger partial charge in [-0.3, -0.25) is 5.32 Å². The van der Waals surface area contributed by atoms with Crippen molar-refractivity contribution in [2.45, 2.75) is 43.8 Å². The third-order valence-electron chi connectivity index (χ3n) is 4.87. The number of aromatic nitrogens is 1. The first-order chi connectivity index (χ1) is 12.3. The smallest absolute Gasteiger partial charge is 0.338 e. The van der Waals surface area contributed by atoms with Gasteiger partial charge in [0.05, 0.1) is 0 Å². The van der Waals surface area contributed by atoms with Crippen LogP contribution in [-0.2, 0) is 6.18 Å². The SMILES string of the molecule is CN(C(=O)Nc1cc(C(F)(F)F)no1)C1CCC(c2ccccc2)CC1. The maximum Gasteiger partial charge on any atom is 0.436 e. The number of nitrogens with one attached hydrogen (secondary N) is 1. The van der Waals surface area contributed by atoms with Crippen molar-refractivity contribution < 1.29 is 22.5 Å². The lowest BCUT2D eigenvalue weighted by molar-refractivity contribution is -0.142. The van der Waals surface area contributed by atoms with Crippen LogP contribution in [0.4, 0.5) is 23.8 Å². The van der Waals surface area contributed by atoms with Gasteiger partial charge in [0.25, 0.3) is 0 Å². The van der Waals surface area contributed by atoms with Crippen LogP contribution in [0.15, 0.2) is 40.9 Å². The van der Waals surface area contributed by atoms with E-state index in [1.807, 2.05) is 18.2 Å². The minimum atomic E-state index is -4.60. The zero-order chi connectivity index (χ0) is 18.7. The van der Waals surface area contributed by atoms with E-state index in [1.54, 1.807) is 7.05 Å². The molecular weight excluding hydrogens is 347 g/mol. The van der Waals surface area contributed by atoms with Gasteiger partial charge in [-0.1, -0.05) is 35.5 Å². The number of carbonyl (C=O) groups excluding carboxylic acids is 1.